The summed E-state index contributed by atoms with van der Waals surface area (Å²) < 4.78 is 0. The number of hydrogen-bond acceptors (Lipinski definition) is 0. The Hall–Kier alpha value is -2.34. The van der Waals surface area contributed by atoms with Crippen molar-refractivity contribution in [3.8, 4) is 0 Å². The fraction of sp³-hybridized carbons (Fsp3) is 0.250. The average molecular weight is 314 g/mol. The molecule has 0 unspecified atom stereocenters. The number of hydrogen-bond donors (Lipinski definition) is 0. The van der Waals surface area contributed by atoms with E-state index in [1.807, 2.05) is 0 Å². The van der Waals surface area contributed by atoms with E-state index in [2.05, 4.69) is 99.6 Å². The van der Waals surface area contributed by atoms with Crippen LogP contribution in [0, 0.1) is 0 Å². The summed E-state index contributed by atoms with van der Waals surface area (Å²) in [5, 5.41) is 0. The lowest BCUT2D eigenvalue weighted by atomic mass is 9.83. The van der Waals surface area contributed by atoms with Crippen LogP contribution in [0.2, 0.25) is 0 Å². The van der Waals surface area contributed by atoms with Crippen LogP contribution in [0.25, 0.3) is 0 Å². The van der Waals surface area contributed by atoms with Gasteiger partial charge in [0.25, 0.3) is 0 Å². The van der Waals surface area contributed by atoms with Crippen molar-refractivity contribution in [1.82, 2.24) is 0 Å². The quantitative estimate of drug-likeness (QED) is 0.500. The highest BCUT2D eigenvalue weighted by Gasteiger charge is 2.17. The van der Waals surface area contributed by atoms with E-state index in [0.717, 1.165) is 6.42 Å². The minimum Gasteiger partial charge on any atom is -0.0622 e. The molecule has 0 amide bonds. The van der Waals surface area contributed by atoms with Gasteiger partial charge >= 0.3 is 0 Å². The molecule has 0 fully saturated rings. The first kappa shape index (κ1) is 16.5. The predicted octanol–water partition coefficient (Wildman–Crippen LogP) is 6.55. The Morgan fingerprint density at radius 3 is 1.54 bits per heavy atom. The molecule has 0 spiro atoms. The fourth-order valence-electron chi connectivity index (χ4n) is 3.44. The summed E-state index contributed by atoms with van der Waals surface area (Å²) in [5.41, 5.74) is 7.02. The van der Waals surface area contributed by atoms with Crippen LogP contribution in [0.5, 0.6) is 0 Å². The molecule has 0 aliphatic carbocycles. The maximum absolute atomic E-state index is 2.32. The molecule has 3 aromatic rings. The van der Waals surface area contributed by atoms with Crippen molar-refractivity contribution in [3.05, 3.63) is 107 Å². The van der Waals surface area contributed by atoms with Crippen LogP contribution in [0.4, 0.5) is 0 Å². The molecule has 0 aliphatic heterocycles. The van der Waals surface area contributed by atoms with Crippen molar-refractivity contribution in [2.45, 2.75) is 39.0 Å². The average Bonchev–Trinajstić information content (AvgIpc) is 2.67. The lowest BCUT2D eigenvalue weighted by Crippen LogP contribution is -2.05. The van der Waals surface area contributed by atoms with Crippen molar-refractivity contribution in [3.63, 3.8) is 0 Å². The number of rotatable bonds is 5. The van der Waals surface area contributed by atoms with E-state index in [0.29, 0.717) is 11.8 Å². The molecular weight excluding hydrogens is 288 g/mol. The van der Waals surface area contributed by atoms with E-state index in [-0.39, 0.29) is 0 Å². The summed E-state index contributed by atoms with van der Waals surface area (Å²) in [6.45, 7) is 6.83. The minimum absolute atomic E-state index is 0.401. The topological polar surface area (TPSA) is 0 Å². The van der Waals surface area contributed by atoms with Crippen molar-refractivity contribution in [2.24, 2.45) is 0 Å². The number of aryl methyl sites for hydroxylation is 1. The highest BCUT2D eigenvalue weighted by Crippen LogP contribution is 2.34. The van der Waals surface area contributed by atoms with Gasteiger partial charge in [-0.15, -0.1) is 0 Å². The minimum atomic E-state index is 0.401. The third kappa shape index (κ3) is 3.43. The first-order valence-corrected chi connectivity index (χ1v) is 8.93. The zero-order valence-electron chi connectivity index (χ0n) is 14.9. The Balaban J connectivity index is 1.96. The van der Waals surface area contributed by atoms with Gasteiger partial charge in [0, 0.05) is 11.8 Å². The summed E-state index contributed by atoms with van der Waals surface area (Å²) in [5.74, 6) is 0.804. The fourth-order valence-corrected chi connectivity index (χ4v) is 3.44. The van der Waals surface area contributed by atoms with Crippen LogP contribution in [0.1, 0.15) is 60.4 Å². The molecule has 0 saturated heterocycles. The Labute approximate surface area is 146 Å². The standard InChI is InChI=1S/C24H26/c1-4-20-14-16-22(17-15-20)19(3)24-13-9-8-12-23(24)18(2)21-10-6-5-7-11-21/h5-19H,4H2,1-3H3/t18-,19-/m1/s1. The predicted molar refractivity (Wildman–Crippen MR) is 104 cm³/mol. The van der Waals surface area contributed by atoms with Crippen LogP contribution >= 0.6 is 0 Å². The molecule has 0 N–H and O–H groups in total. The highest BCUT2D eigenvalue weighted by molar-refractivity contribution is 5.43. The van der Waals surface area contributed by atoms with Crippen molar-refractivity contribution < 1.29 is 0 Å². The molecule has 3 aromatic carbocycles. The Morgan fingerprint density at radius 1 is 0.583 bits per heavy atom. The van der Waals surface area contributed by atoms with Crippen molar-refractivity contribution in [2.75, 3.05) is 0 Å². The Morgan fingerprint density at radius 2 is 1.04 bits per heavy atom. The molecule has 24 heavy (non-hydrogen) atoms. The molecule has 0 heteroatoms. The van der Waals surface area contributed by atoms with E-state index < -0.39 is 0 Å². The van der Waals surface area contributed by atoms with Crippen molar-refractivity contribution >= 4 is 0 Å². The second-order valence-corrected chi connectivity index (χ2v) is 6.58. The lowest BCUT2D eigenvalue weighted by molar-refractivity contribution is 0.842. The van der Waals surface area contributed by atoms with Gasteiger partial charge in [-0.3, -0.25) is 0 Å². The largest absolute Gasteiger partial charge is 0.0622 e. The third-order valence-electron chi connectivity index (χ3n) is 5.12. The summed E-state index contributed by atoms with van der Waals surface area (Å²) in [7, 11) is 0. The van der Waals surface area contributed by atoms with Gasteiger partial charge in [0.15, 0.2) is 0 Å². The maximum atomic E-state index is 2.32. The van der Waals surface area contributed by atoms with Gasteiger partial charge < -0.3 is 0 Å². The Bertz CT molecular complexity index is 769. The summed E-state index contributed by atoms with van der Waals surface area (Å²) in [4.78, 5) is 0. The third-order valence-corrected chi connectivity index (χ3v) is 5.12. The Kier molecular flexibility index (Phi) is 5.15. The molecule has 0 aromatic heterocycles. The van der Waals surface area contributed by atoms with Crippen LogP contribution in [-0.4, -0.2) is 0 Å². The summed E-state index contributed by atoms with van der Waals surface area (Å²) in [6, 6.07) is 28.8. The van der Waals surface area contributed by atoms with Crippen LogP contribution in [-0.2, 0) is 6.42 Å². The molecule has 0 nitrogen and oxygen atoms in total. The second-order valence-electron chi connectivity index (χ2n) is 6.58. The van der Waals surface area contributed by atoms with Crippen LogP contribution < -0.4 is 0 Å². The van der Waals surface area contributed by atoms with E-state index in [1.54, 1.807) is 0 Å². The molecule has 2 atom stereocenters. The highest BCUT2D eigenvalue weighted by atomic mass is 14.2. The van der Waals surface area contributed by atoms with Gasteiger partial charge in [-0.05, 0) is 34.2 Å². The molecule has 0 bridgehead atoms. The first-order valence-electron chi connectivity index (χ1n) is 8.93. The van der Waals surface area contributed by atoms with Crippen molar-refractivity contribution in [1.29, 1.82) is 0 Å². The molecule has 3 rings (SSSR count). The molecular formula is C24H26. The molecule has 0 heterocycles. The summed E-state index contributed by atoms with van der Waals surface area (Å²) >= 11 is 0. The zero-order valence-corrected chi connectivity index (χ0v) is 14.9. The van der Waals surface area contributed by atoms with E-state index in [9.17, 15) is 0 Å². The monoisotopic (exact) mass is 314 g/mol. The number of benzene rings is 3. The van der Waals surface area contributed by atoms with E-state index >= 15 is 0 Å². The van der Waals surface area contributed by atoms with Crippen LogP contribution in [0.15, 0.2) is 78.9 Å². The maximum Gasteiger partial charge on any atom is 0.00639 e. The van der Waals surface area contributed by atoms with Gasteiger partial charge in [-0.2, -0.15) is 0 Å². The van der Waals surface area contributed by atoms with Gasteiger partial charge in [0.1, 0.15) is 0 Å². The summed E-state index contributed by atoms with van der Waals surface area (Å²) in [6.07, 6.45) is 1.09. The lowest BCUT2D eigenvalue weighted by Gasteiger charge is -2.22. The molecule has 0 saturated carbocycles. The molecule has 0 aliphatic rings. The molecule has 0 radical (unpaired) electrons. The smallest absolute Gasteiger partial charge is 0.00639 e. The first-order chi connectivity index (χ1) is 11.7. The second kappa shape index (κ2) is 7.49. The van der Waals surface area contributed by atoms with Gasteiger partial charge in [-0.25, -0.2) is 0 Å². The molecule has 122 valence electrons. The van der Waals surface area contributed by atoms with Crippen LogP contribution in [0.3, 0.4) is 0 Å². The van der Waals surface area contributed by atoms with Gasteiger partial charge in [-0.1, -0.05) is 99.6 Å². The normalized spacial score (nSPS) is 13.5. The van der Waals surface area contributed by atoms with Gasteiger partial charge in [0.2, 0.25) is 0 Å². The zero-order chi connectivity index (χ0) is 16.9. The van der Waals surface area contributed by atoms with Gasteiger partial charge in [0.05, 0.1) is 0 Å². The van der Waals surface area contributed by atoms with E-state index in [4.69, 9.17) is 0 Å². The van der Waals surface area contributed by atoms with E-state index in [1.165, 1.54) is 27.8 Å². The SMILES string of the molecule is CCc1ccc([C@@H](C)c2ccccc2[C@H](C)c2ccccc2)cc1.